The van der Waals surface area contributed by atoms with Crippen molar-refractivity contribution in [1.29, 1.82) is 0 Å². The maximum absolute atomic E-state index is 3.22. The van der Waals surface area contributed by atoms with Gasteiger partial charge in [0.25, 0.3) is 0 Å². The molecule has 1 fully saturated rings. The maximum Gasteiger partial charge on any atom is 0.0330 e. The van der Waals surface area contributed by atoms with Gasteiger partial charge in [0.1, 0.15) is 0 Å². The van der Waals surface area contributed by atoms with Gasteiger partial charge in [0.15, 0.2) is 0 Å². The first-order valence-electron chi connectivity index (χ1n) is 6.31. The lowest BCUT2D eigenvalue weighted by Gasteiger charge is -2.21. The fourth-order valence-corrected chi connectivity index (χ4v) is 2.78. The van der Waals surface area contributed by atoms with E-state index >= 15 is 0 Å². The number of rotatable bonds is 8. The molecule has 1 heterocycles. The van der Waals surface area contributed by atoms with Gasteiger partial charge < -0.3 is 5.32 Å². The molecule has 1 aromatic heterocycles. The van der Waals surface area contributed by atoms with Crippen LogP contribution in [0.5, 0.6) is 0 Å². The molecule has 0 unspecified atom stereocenters. The molecule has 0 saturated heterocycles. The van der Waals surface area contributed by atoms with Crippen molar-refractivity contribution in [2.75, 3.05) is 20.1 Å². The zero-order valence-corrected chi connectivity index (χ0v) is 10.9. The molecule has 0 spiro atoms. The molecule has 1 aliphatic carbocycles. The van der Waals surface area contributed by atoms with E-state index in [4.69, 9.17) is 0 Å². The largest absolute Gasteiger partial charge is 0.320 e. The van der Waals surface area contributed by atoms with Crippen LogP contribution in [-0.4, -0.2) is 31.1 Å². The summed E-state index contributed by atoms with van der Waals surface area (Å²) in [6, 6.07) is 5.30. The molecular weight excluding hydrogens is 216 g/mol. The van der Waals surface area contributed by atoms with Crippen LogP contribution in [0.25, 0.3) is 0 Å². The Bertz CT molecular complexity index is 280. The van der Waals surface area contributed by atoms with Gasteiger partial charge in [0.2, 0.25) is 0 Å². The summed E-state index contributed by atoms with van der Waals surface area (Å²) in [6.07, 6.45) is 5.45. The monoisotopic (exact) mass is 238 g/mol. The van der Waals surface area contributed by atoms with E-state index in [0.717, 1.165) is 12.6 Å². The summed E-state index contributed by atoms with van der Waals surface area (Å²) in [4.78, 5) is 4.18. The Balaban J connectivity index is 1.72. The van der Waals surface area contributed by atoms with Gasteiger partial charge in [-0.25, -0.2) is 0 Å². The maximum atomic E-state index is 3.22. The number of unbranched alkanes of at least 4 members (excludes halogenated alkanes) is 1. The van der Waals surface area contributed by atoms with Crippen LogP contribution in [0.3, 0.4) is 0 Å². The molecule has 16 heavy (non-hydrogen) atoms. The van der Waals surface area contributed by atoms with Crippen molar-refractivity contribution < 1.29 is 0 Å². The first-order chi connectivity index (χ1) is 7.90. The molecule has 0 aliphatic heterocycles. The van der Waals surface area contributed by atoms with E-state index < -0.39 is 0 Å². The van der Waals surface area contributed by atoms with Crippen LogP contribution in [0.15, 0.2) is 17.5 Å². The summed E-state index contributed by atoms with van der Waals surface area (Å²) < 4.78 is 0. The van der Waals surface area contributed by atoms with Crippen LogP contribution in [-0.2, 0) is 6.54 Å². The molecular formula is C13H22N2S. The minimum atomic E-state index is 0.886. The Morgan fingerprint density at radius 2 is 2.31 bits per heavy atom. The molecule has 1 aromatic rings. The smallest absolute Gasteiger partial charge is 0.0330 e. The van der Waals surface area contributed by atoms with Gasteiger partial charge in [0.05, 0.1) is 0 Å². The highest BCUT2D eigenvalue weighted by Gasteiger charge is 2.28. The van der Waals surface area contributed by atoms with Gasteiger partial charge in [-0.15, -0.1) is 11.3 Å². The summed E-state index contributed by atoms with van der Waals surface area (Å²) in [6.45, 7) is 3.59. The van der Waals surface area contributed by atoms with Crippen molar-refractivity contribution in [2.45, 2.75) is 38.3 Å². The highest BCUT2D eigenvalue weighted by molar-refractivity contribution is 7.09. The molecule has 3 heteroatoms. The lowest BCUT2D eigenvalue weighted by Crippen LogP contribution is -2.26. The van der Waals surface area contributed by atoms with Crippen molar-refractivity contribution in [2.24, 2.45) is 0 Å². The first kappa shape index (κ1) is 12.1. The SMILES string of the molecule is CNCCCCN(Cc1cccs1)C1CC1. The third-order valence-electron chi connectivity index (χ3n) is 3.12. The normalized spacial score (nSPS) is 15.9. The Morgan fingerprint density at radius 1 is 1.44 bits per heavy atom. The second-order valence-electron chi connectivity index (χ2n) is 4.59. The summed E-state index contributed by atoms with van der Waals surface area (Å²) in [5.41, 5.74) is 0. The molecule has 2 nitrogen and oxygen atoms in total. The Kier molecular flexibility index (Phi) is 4.82. The average molecular weight is 238 g/mol. The topological polar surface area (TPSA) is 15.3 Å². The Morgan fingerprint density at radius 3 is 2.94 bits per heavy atom. The predicted molar refractivity (Wildman–Crippen MR) is 70.9 cm³/mol. The van der Waals surface area contributed by atoms with E-state index in [1.807, 2.05) is 18.4 Å². The third kappa shape index (κ3) is 3.89. The number of thiophene rings is 1. The number of nitrogens with zero attached hydrogens (tertiary/aromatic N) is 1. The fourth-order valence-electron chi connectivity index (χ4n) is 2.05. The van der Waals surface area contributed by atoms with E-state index in [1.165, 1.54) is 43.6 Å². The predicted octanol–water partition coefficient (Wildman–Crippen LogP) is 2.71. The van der Waals surface area contributed by atoms with Crippen LogP contribution in [0.1, 0.15) is 30.6 Å². The second-order valence-corrected chi connectivity index (χ2v) is 5.62. The zero-order chi connectivity index (χ0) is 11.2. The third-order valence-corrected chi connectivity index (χ3v) is 3.99. The molecule has 0 radical (unpaired) electrons. The first-order valence-corrected chi connectivity index (χ1v) is 7.19. The molecule has 0 atom stereocenters. The standard InChI is InChI=1S/C13H22N2S/c1-14-8-2-3-9-15(12-6-7-12)11-13-5-4-10-16-13/h4-5,10,12,14H,2-3,6-9,11H2,1H3. The van der Waals surface area contributed by atoms with E-state index in [0.29, 0.717) is 0 Å². The molecule has 90 valence electrons. The van der Waals surface area contributed by atoms with Gasteiger partial charge in [-0.1, -0.05) is 6.07 Å². The zero-order valence-electron chi connectivity index (χ0n) is 10.1. The van der Waals surface area contributed by atoms with Crippen molar-refractivity contribution in [3.63, 3.8) is 0 Å². The van der Waals surface area contributed by atoms with E-state index in [1.54, 1.807) is 0 Å². The summed E-state index contributed by atoms with van der Waals surface area (Å²) in [7, 11) is 2.03. The Labute approximate surface area is 103 Å². The van der Waals surface area contributed by atoms with Crippen molar-refractivity contribution in [3.05, 3.63) is 22.4 Å². The lowest BCUT2D eigenvalue weighted by molar-refractivity contribution is 0.251. The number of hydrogen-bond donors (Lipinski definition) is 1. The molecule has 0 amide bonds. The number of nitrogens with one attached hydrogen (secondary N) is 1. The molecule has 0 aromatic carbocycles. The Hall–Kier alpha value is -0.380. The average Bonchev–Trinajstić information content (AvgIpc) is 3.02. The van der Waals surface area contributed by atoms with Crippen LogP contribution in [0.2, 0.25) is 0 Å². The van der Waals surface area contributed by atoms with E-state index in [9.17, 15) is 0 Å². The van der Waals surface area contributed by atoms with Crippen LogP contribution < -0.4 is 5.32 Å². The van der Waals surface area contributed by atoms with E-state index in [2.05, 4.69) is 27.7 Å². The van der Waals surface area contributed by atoms with Crippen molar-refractivity contribution >= 4 is 11.3 Å². The highest BCUT2D eigenvalue weighted by atomic mass is 32.1. The quantitative estimate of drug-likeness (QED) is 0.701. The van der Waals surface area contributed by atoms with Crippen LogP contribution >= 0.6 is 11.3 Å². The minimum absolute atomic E-state index is 0.886. The fraction of sp³-hybridized carbons (Fsp3) is 0.692. The van der Waals surface area contributed by atoms with Crippen molar-refractivity contribution in [1.82, 2.24) is 10.2 Å². The lowest BCUT2D eigenvalue weighted by atomic mass is 10.2. The second kappa shape index (κ2) is 6.38. The number of hydrogen-bond acceptors (Lipinski definition) is 3. The summed E-state index contributed by atoms with van der Waals surface area (Å²) >= 11 is 1.89. The van der Waals surface area contributed by atoms with Gasteiger partial charge >= 0.3 is 0 Å². The summed E-state index contributed by atoms with van der Waals surface area (Å²) in [5, 5.41) is 5.40. The van der Waals surface area contributed by atoms with Gasteiger partial charge in [0, 0.05) is 17.5 Å². The van der Waals surface area contributed by atoms with Crippen LogP contribution in [0.4, 0.5) is 0 Å². The summed E-state index contributed by atoms with van der Waals surface area (Å²) in [5.74, 6) is 0. The van der Waals surface area contributed by atoms with Crippen molar-refractivity contribution in [3.8, 4) is 0 Å². The van der Waals surface area contributed by atoms with Gasteiger partial charge in [-0.05, 0) is 57.3 Å². The molecule has 1 aliphatic rings. The highest BCUT2D eigenvalue weighted by Crippen LogP contribution is 2.29. The van der Waals surface area contributed by atoms with Gasteiger partial charge in [-0.2, -0.15) is 0 Å². The van der Waals surface area contributed by atoms with Crippen LogP contribution in [0, 0.1) is 0 Å². The van der Waals surface area contributed by atoms with E-state index in [-0.39, 0.29) is 0 Å². The molecule has 1 saturated carbocycles. The minimum Gasteiger partial charge on any atom is -0.320 e. The molecule has 2 rings (SSSR count). The van der Waals surface area contributed by atoms with Gasteiger partial charge in [-0.3, -0.25) is 4.90 Å². The molecule has 1 N–H and O–H groups in total. The molecule has 0 bridgehead atoms.